The van der Waals surface area contributed by atoms with Crippen LogP contribution in [0.2, 0.25) is 12.5 Å². The zero-order chi connectivity index (χ0) is 22.7. The summed E-state index contributed by atoms with van der Waals surface area (Å²) in [6, 6.07) is 16.1. The summed E-state index contributed by atoms with van der Waals surface area (Å²) in [5.74, 6) is 0.520. The molecule has 2 aliphatic carbocycles. The van der Waals surface area contributed by atoms with Crippen LogP contribution < -0.4 is 0 Å². The van der Waals surface area contributed by atoms with Crippen LogP contribution in [0, 0.1) is 13.8 Å². The van der Waals surface area contributed by atoms with Gasteiger partial charge in [-0.15, -0.1) is 0 Å². The van der Waals surface area contributed by atoms with Crippen molar-refractivity contribution in [2.45, 2.75) is 73.3 Å². The van der Waals surface area contributed by atoms with E-state index in [1.807, 2.05) is 0 Å². The predicted molar refractivity (Wildman–Crippen MR) is 134 cm³/mol. The third-order valence-corrected chi connectivity index (χ3v) is 27.8. The Labute approximate surface area is 194 Å². The molecule has 4 rings (SSSR count). The summed E-state index contributed by atoms with van der Waals surface area (Å²) in [5, 5.41) is 0. The van der Waals surface area contributed by atoms with Crippen molar-refractivity contribution in [1.82, 2.24) is 0 Å². The summed E-state index contributed by atoms with van der Waals surface area (Å²) >= 11 is -3.01. The minimum atomic E-state index is -3.01. The molecule has 0 bridgehead atoms. The summed E-state index contributed by atoms with van der Waals surface area (Å²) in [5.41, 5.74) is 13.7. The van der Waals surface area contributed by atoms with Crippen molar-refractivity contribution in [3.8, 4) is 0 Å². The van der Waals surface area contributed by atoms with Crippen LogP contribution in [0.25, 0.3) is 6.08 Å². The molecule has 1 unspecified atom stereocenters. The molecule has 0 saturated heterocycles. The van der Waals surface area contributed by atoms with Gasteiger partial charge in [-0.1, -0.05) is 0 Å². The molecular weight excluding hydrogens is 539 g/mol. The van der Waals surface area contributed by atoms with E-state index >= 15 is 0 Å². The SMILES string of the molecule is CC1=C(C)[C](C)([Hf]([CH3])([CH3])[C]2=Cc3cc(C)c(C)cc3C2Cc2ccccc2)C(C)=C1C. The van der Waals surface area contributed by atoms with Crippen molar-refractivity contribution in [1.29, 1.82) is 0 Å². The Morgan fingerprint density at radius 1 is 0.806 bits per heavy atom. The van der Waals surface area contributed by atoms with E-state index in [1.54, 1.807) is 20.0 Å². The molecule has 0 spiro atoms. The topological polar surface area (TPSA) is 0 Å². The monoisotopic (exact) mass is 578 g/mol. The van der Waals surface area contributed by atoms with E-state index in [1.165, 1.54) is 33.4 Å². The number of aryl methyl sites for hydroxylation is 2. The van der Waals surface area contributed by atoms with E-state index < -0.39 is 20.0 Å². The van der Waals surface area contributed by atoms with Crippen LogP contribution in [0.4, 0.5) is 0 Å². The first-order valence-electron chi connectivity index (χ1n) is 11.7. The number of fused-ring (bicyclic) bond motifs is 1. The fourth-order valence-corrected chi connectivity index (χ4v) is 22.3. The first kappa shape index (κ1) is 22.7. The zero-order valence-electron chi connectivity index (χ0n) is 20.9. The average molecular weight is 577 g/mol. The molecule has 0 saturated carbocycles. The van der Waals surface area contributed by atoms with Gasteiger partial charge >= 0.3 is 195 Å². The Balaban J connectivity index is 1.88. The number of hydrogen-bond acceptors (Lipinski definition) is 0. The molecule has 0 aromatic heterocycles. The van der Waals surface area contributed by atoms with Crippen LogP contribution in [-0.2, 0) is 26.4 Å². The number of allylic oxidation sites excluding steroid dienone is 5. The first-order chi connectivity index (χ1) is 14.5. The van der Waals surface area contributed by atoms with E-state index in [0.29, 0.717) is 5.92 Å². The normalized spacial score (nSPS) is 20.4. The van der Waals surface area contributed by atoms with Crippen molar-refractivity contribution in [3.63, 3.8) is 0 Å². The van der Waals surface area contributed by atoms with Gasteiger partial charge in [-0.05, 0) is 0 Å². The molecule has 31 heavy (non-hydrogen) atoms. The van der Waals surface area contributed by atoms with Gasteiger partial charge in [0.15, 0.2) is 0 Å². The van der Waals surface area contributed by atoms with E-state index in [2.05, 4.69) is 106 Å². The van der Waals surface area contributed by atoms with Gasteiger partial charge in [0.1, 0.15) is 0 Å². The molecule has 162 valence electrons. The van der Waals surface area contributed by atoms with Crippen molar-refractivity contribution >= 4 is 6.08 Å². The van der Waals surface area contributed by atoms with Gasteiger partial charge in [-0.3, -0.25) is 0 Å². The Bertz CT molecular complexity index is 1110. The molecule has 1 heteroatoms. The Morgan fingerprint density at radius 3 is 1.94 bits per heavy atom. The fraction of sp³-hybridized carbons (Fsp3) is 0.400. The Kier molecular flexibility index (Phi) is 5.74. The van der Waals surface area contributed by atoms with E-state index in [4.69, 9.17) is 0 Å². The quantitative estimate of drug-likeness (QED) is 0.318. The zero-order valence-corrected chi connectivity index (χ0v) is 24.5. The third-order valence-electron chi connectivity index (χ3n) is 9.20. The molecule has 0 heterocycles. The summed E-state index contributed by atoms with van der Waals surface area (Å²) in [6.45, 7) is 16.6. The molecule has 2 aromatic carbocycles. The predicted octanol–water partition coefficient (Wildman–Crippen LogP) is 9.10. The van der Waals surface area contributed by atoms with Crippen LogP contribution in [-0.4, -0.2) is 0 Å². The molecule has 0 amide bonds. The molecule has 0 fully saturated rings. The summed E-state index contributed by atoms with van der Waals surface area (Å²) in [6.07, 6.45) is 3.75. The van der Waals surface area contributed by atoms with Crippen molar-refractivity contribution < 1.29 is 20.0 Å². The van der Waals surface area contributed by atoms with Gasteiger partial charge in [0.25, 0.3) is 0 Å². The number of benzene rings is 2. The molecule has 2 aromatic rings. The van der Waals surface area contributed by atoms with Gasteiger partial charge in [-0.2, -0.15) is 0 Å². The molecule has 2 aliphatic rings. The summed E-state index contributed by atoms with van der Waals surface area (Å²) < 4.78 is 7.48. The summed E-state index contributed by atoms with van der Waals surface area (Å²) in [4.78, 5) is 0. The number of rotatable bonds is 4. The van der Waals surface area contributed by atoms with Crippen molar-refractivity contribution in [2.75, 3.05) is 0 Å². The molecule has 0 radical (unpaired) electrons. The molecule has 0 N–H and O–H groups in total. The molecular formula is C30H38Hf. The van der Waals surface area contributed by atoms with Crippen molar-refractivity contribution in [3.05, 3.63) is 95.9 Å². The standard InChI is InChI=1S/C18H17.C10H15.2CH3.Hf/c1-13-10-16-8-9-17(18(16)11-14(13)2)12-15-6-4-3-5-7-15;1-6-7(2)9(4)10(5)8(6)3;;;/h3-8,10-11,17H,12H2,1-2H3;1-5H3;2*1H3;. The molecule has 1 atom stereocenters. The average Bonchev–Trinajstić information content (AvgIpc) is 3.15. The van der Waals surface area contributed by atoms with Gasteiger partial charge in [-0.25, -0.2) is 0 Å². The van der Waals surface area contributed by atoms with Crippen LogP contribution in [0.15, 0.2) is 68.1 Å². The Morgan fingerprint density at radius 2 is 1.35 bits per heavy atom. The van der Waals surface area contributed by atoms with Crippen LogP contribution in [0.3, 0.4) is 0 Å². The van der Waals surface area contributed by atoms with Crippen LogP contribution in [0.1, 0.15) is 68.4 Å². The van der Waals surface area contributed by atoms with Crippen LogP contribution in [0.5, 0.6) is 0 Å². The van der Waals surface area contributed by atoms with Gasteiger partial charge in [0.2, 0.25) is 0 Å². The van der Waals surface area contributed by atoms with E-state index in [9.17, 15) is 0 Å². The molecule has 0 nitrogen and oxygen atoms in total. The summed E-state index contributed by atoms with van der Waals surface area (Å²) in [7, 11) is 0. The molecule has 0 aliphatic heterocycles. The van der Waals surface area contributed by atoms with Crippen molar-refractivity contribution in [2.24, 2.45) is 0 Å². The maximum absolute atomic E-state index is 3.01. The second kappa shape index (κ2) is 7.84. The maximum atomic E-state index is 2.71. The van der Waals surface area contributed by atoms with Gasteiger partial charge in [0.05, 0.1) is 0 Å². The van der Waals surface area contributed by atoms with Gasteiger partial charge < -0.3 is 0 Å². The second-order valence-electron chi connectivity index (χ2n) is 10.7. The fourth-order valence-electron chi connectivity index (χ4n) is 6.23. The second-order valence-corrected chi connectivity index (χ2v) is 28.0. The van der Waals surface area contributed by atoms with E-state index in [-0.39, 0.29) is 3.17 Å². The first-order valence-corrected chi connectivity index (χ1v) is 22.5. The Hall–Kier alpha value is -1.47. The van der Waals surface area contributed by atoms with E-state index in [0.717, 1.165) is 6.42 Å². The number of hydrogen-bond donors (Lipinski definition) is 0. The third kappa shape index (κ3) is 3.34. The van der Waals surface area contributed by atoms with Crippen LogP contribution >= 0.6 is 0 Å². The minimum absolute atomic E-state index is 0.258. The van der Waals surface area contributed by atoms with Gasteiger partial charge in [0, 0.05) is 0 Å².